The van der Waals surface area contributed by atoms with Crippen LogP contribution in [0.25, 0.3) is 0 Å². The Kier molecular flexibility index (Phi) is 4.64. The number of nitrogens with zero attached hydrogens (tertiary/aromatic N) is 2. The fourth-order valence-electron chi connectivity index (χ4n) is 2.94. The number of piperazine rings is 1. The third-order valence-corrected chi connectivity index (χ3v) is 6.72. The van der Waals surface area contributed by atoms with Gasteiger partial charge in [0.2, 0.25) is 10.0 Å². The summed E-state index contributed by atoms with van der Waals surface area (Å²) >= 11 is 0. The number of nitrogens with two attached hydrogens (primary N) is 1. The van der Waals surface area contributed by atoms with Crippen molar-refractivity contribution in [3.63, 3.8) is 0 Å². The molecular formula is C12H25N3O2S. The van der Waals surface area contributed by atoms with Gasteiger partial charge in [-0.05, 0) is 19.8 Å². The molecule has 0 aromatic rings. The van der Waals surface area contributed by atoms with Crippen LogP contribution >= 0.6 is 0 Å². The molecule has 0 aromatic heterocycles. The van der Waals surface area contributed by atoms with Gasteiger partial charge in [0.25, 0.3) is 0 Å². The van der Waals surface area contributed by atoms with E-state index in [9.17, 15) is 8.42 Å². The SMILES string of the molecule is CC(CN)N1CCN(S(=O)(=O)C2CCCC2)CC1. The van der Waals surface area contributed by atoms with Crippen molar-refractivity contribution in [2.24, 2.45) is 5.73 Å². The molecule has 0 spiro atoms. The van der Waals surface area contributed by atoms with Crippen molar-refractivity contribution in [3.05, 3.63) is 0 Å². The molecule has 106 valence electrons. The molecule has 1 saturated heterocycles. The van der Waals surface area contributed by atoms with E-state index < -0.39 is 10.0 Å². The van der Waals surface area contributed by atoms with Crippen molar-refractivity contribution in [2.75, 3.05) is 32.7 Å². The Morgan fingerprint density at radius 3 is 2.22 bits per heavy atom. The Bertz CT molecular complexity index is 358. The van der Waals surface area contributed by atoms with Crippen molar-refractivity contribution < 1.29 is 8.42 Å². The van der Waals surface area contributed by atoms with Crippen molar-refractivity contribution >= 4 is 10.0 Å². The van der Waals surface area contributed by atoms with Gasteiger partial charge in [-0.25, -0.2) is 8.42 Å². The van der Waals surface area contributed by atoms with Crippen molar-refractivity contribution in [1.82, 2.24) is 9.21 Å². The number of hydrogen-bond acceptors (Lipinski definition) is 4. The molecule has 2 fully saturated rings. The molecule has 0 aromatic carbocycles. The minimum Gasteiger partial charge on any atom is -0.329 e. The lowest BCUT2D eigenvalue weighted by molar-refractivity contribution is 0.148. The molecule has 0 amide bonds. The van der Waals surface area contributed by atoms with Gasteiger partial charge in [0.15, 0.2) is 0 Å². The average molecular weight is 275 g/mol. The third-order valence-electron chi connectivity index (χ3n) is 4.32. The predicted octanol–water partition coefficient (Wildman–Crippen LogP) is 0.224. The minimum absolute atomic E-state index is 0.115. The number of rotatable bonds is 4. The standard InChI is InChI=1S/C12H25N3O2S/c1-11(10-13)14-6-8-15(9-7-14)18(16,17)12-4-2-3-5-12/h11-12H,2-10,13H2,1H3. The number of hydrogen-bond donors (Lipinski definition) is 1. The van der Waals surface area contributed by atoms with Crippen molar-refractivity contribution in [1.29, 1.82) is 0 Å². The molecule has 5 nitrogen and oxygen atoms in total. The Morgan fingerprint density at radius 2 is 1.72 bits per heavy atom. The highest BCUT2D eigenvalue weighted by Crippen LogP contribution is 2.27. The van der Waals surface area contributed by atoms with Gasteiger partial charge in [-0.2, -0.15) is 4.31 Å². The first kappa shape index (κ1) is 14.2. The summed E-state index contributed by atoms with van der Waals surface area (Å²) in [6, 6.07) is 0.348. The normalized spacial score (nSPS) is 26.6. The van der Waals surface area contributed by atoms with Crippen LogP contribution in [0.2, 0.25) is 0 Å². The maximum Gasteiger partial charge on any atom is 0.217 e. The van der Waals surface area contributed by atoms with E-state index in [4.69, 9.17) is 5.73 Å². The van der Waals surface area contributed by atoms with Gasteiger partial charge in [-0.1, -0.05) is 12.8 Å². The van der Waals surface area contributed by atoms with Crippen LogP contribution in [0.3, 0.4) is 0 Å². The molecule has 2 rings (SSSR count). The van der Waals surface area contributed by atoms with Gasteiger partial charge in [0.05, 0.1) is 5.25 Å². The second kappa shape index (κ2) is 5.86. The van der Waals surface area contributed by atoms with Crippen LogP contribution in [0.4, 0.5) is 0 Å². The Labute approximate surface area is 110 Å². The average Bonchev–Trinajstić information content (AvgIpc) is 2.92. The zero-order valence-electron chi connectivity index (χ0n) is 11.2. The molecule has 1 aliphatic heterocycles. The highest BCUT2D eigenvalue weighted by Gasteiger charge is 2.36. The van der Waals surface area contributed by atoms with Crippen LogP contribution in [0, 0.1) is 0 Å². The third kappa shape index (κ3) is 2.87. The Hall–Kier alpha value is -0.170. The Morgan fingerprint density at radius 1 is 1.17 bits per heavy atom. The van der Waals surface area contributed by atoms with E-state index in [0.29, 0.717) is 25.7 Å². The summed E-state index contributed by atoms with van der Waals surface area (Å²) in [4.78, 5) is 2.28. The van der Waals surface area contributed by atoms with Gasteiger partial charge in [0.1, 0.15) is 0 Å². The summed E-state index contributed by atoms with van der Waals surface area (Å²) in [5, 5.41) is -0.115. The van der Waals surface area contributed by atoms with Crippen LogP contribution in [-0.4, -0.2) is 61.6 Å². The zero-order chi connectivity index (χ0) is 13.2. The fraction of sp³-hybridized carbons (Fsp3) is 1.00. The molecule has 1 unspecified atom stereocenters. The summed E-state index contributed by atoms with van der Waals surface area (Å²) in [7, 11) is -3.04. The van der Waals surface area contributed by atoms with Crippen molar-refractivity contribution in [3.8, 4) is 0 Å². The van der Waals surface area contributed by atoms with Gasteiger partial charge in [-0.15, -0.1) is 0 Å². The lowest BCUT2D eigenvalue weighted by atomic mass is 10.2. The predicted molar refractivity (Wildman–Crippen MR) is 72.8 cm³/mol. The van der Waals surface area contributed by atoms with Crippen LogP contribution in [-0.2, 0) is 10.0 Å². The lowest BCUT2D eigenvalue weighted by Gasteiger charge is -2.38. The van der Waals surface area contributed by atoms with Crippen molar-refractivity contribution in [2.45, 2.75) is 43.9 Å². The molecule has 0 bridgehead atoms. The van der Waals surface area contributed by atoms with Gasteiger partial charge >= 0.3 is 0 Å². The lowest BCUT2D eigenvalue weighted by Crippen LogP contribution is -2.54. The maximum absolute atomic E-state index is 12.4. The second-order valence-corrected chi connectivity index (χ2v) is 7.68. The quantitative estimate of drug-likeness (QED) is 0.797. The molecular weight excluding hydrogens is 250 g/mol. The first-order valence-corrected chi connectivity index (χ1v) is 8.49. The molecule has 1 atom stereocenters. The Balaban J connectivity index is 1.92. The first-order valence-electron chi connectivity index (χ1n) is 6.99. The summed E-state index contributed by atoms with van der Waals surface area (Å²) < 4.78 is 26.5. The summed E-state index contributed by atoms with van der Waals surface area (Å²) in [6.45, 7) is 5.61. The van der Waals surface area contributed by atoms with E-state index in [1.165, 1.54) is 0 Å². The van der Waals surface area contributed by atoms with Gasteiger partial charge in [-0.3, -0.25) is 4.90 Å². The van der Waals surface area contributed by atoms with Gasteiger partial charge in [0, 0.05) is 38.8 Å². The van der Waals surface area contributed by atoms with Crippen LogP contribution in [0.5, 0.6) is 0 Å². The second-order valence-electron chi connectivity index (χ2n) is 5.47. The molecule has 1 aliphatic carbocycles. The van der Waals surface area contributed by atoms with E-state index in [1.807, 2.05) is 0 Å². The van der Waals surface area contributed by atoms with E-state index in [0.717, 1.165) is 38.8 Å². The van der Waals surface area contributed by atoms with Crippen LogP contribution in [0.1, 0.15) is 32.6 Å². The van der Waals surface area contributed by atoms with E-state index >= 15 is 0 Å². The van der Waals surface area contributed by atoms with Crippen LogP contribution in [0.15, 0.2) is 0 Å². The molecule has 2 N–H and O–H groups in total. The molecule has 18 heavy (non-hydrogen) atoms. The fourth-order valence-corrected chi connectivity index (χ4v) is 4.97. The topological polar surface area (TPSA) is 66.6 Å². The maximum atomic E-state index is 12.4. The van der Waals surface area contributed by atoms with E-state index in [1.54, 1.807) is 4.31 Å². The highest BCUT2D eigenvalue weighted by molar-refractivity contribution is 7.89. The molecule has 1 saturated carbocycles. The highest BCUT2D eigenvalue weighted by atomic mass is 32.2. The molecule has 6 heteroatoms. The largest absolute Gasteiger partial charge is 0.329 e. The zero-order valence-corrected chi connectivity index (χ0v) is 12.0. The monoisotopic (exact) mass is 275 g/mol. The van der Waals surface area contributed by atoms with Crippen LogP contribution < -0.4 is 5.73 Å². The molecule has 2 aliphatic rings. The number of sulfonamides is 1. The molecule has 1 heterocycles. The first-order chi connectivity index (χ1) is 8.55. The summed E-state index contributed by atoms with van der Waals surface area (Å²) in [6.07, 6.45) is 3.83. The smallest absolute Gasteiger partial charge is 0.217 e. The molecule has 0 radical (unpaired) electrons. The van der Waals surface area contributed by atoms with E-state index in [-0.39, 0.29) is 5.25 Å². The van der Waals surface area contributed by atoms with Gasteiger partial charge < -0.3 is 5.73 Å². The van der Waals surface area contributed by atoms with E-state index in [2.05, 4.69) is 11.8 Å². The summed E-state index contributed by atoms with van der Waals surface area (Å²) in [5.41, 5.74) is 5.65. The minimum atomic E-state index is -3.04. The summed E-state index contributed by atoms with van der Waals surface area (Å²) in [5.74, 6) is 0.